The van der Waals surface area contributed by atoms with E-state index in [1.54, 1.807) is 22.9 Å². The number of halogens is 1. The molecular weight excluding hydrogens is 437 g/mol. The molecule has 0 radical (unpaired) electrons. The van der Waals surface area contributed by atoms with Gasteiger partial charge in [-0.1, -0.05) is 6.92 Å². The lowest BCUT2D eigenvalue weighted by Crippen LogP contribution is -2.43. The van der Waals surface area contributed by atoms with Crippen molar-refractivity contribution in [2.24, 2.45) is 0 Å². The van der Waals surface area contributed by atoms with Gasteiger partial charge in [-0.2, -0.15) is 5.10 Å². The van der Waals surface area contributed by atoms with Crippen molar-refractivity contribution in [3.05, 3.63) is 52.2 Å². The van der Waals surface area contributed by atoms with Gasteiger partial charge in [-0.3, -0.25) is 14.7 Å². The number of carbonyl (C=O) groups excluding carboxylic acids is 2. The molecule has 1 aliphatic carbocycles. The average molecular weight is 468 g/mol. The zero-order valence-corrected chi connectivity index (χ0v) is 19.8. The number of nitrogens with one attached hydrogen (secondary N) is 2. The van der Waals surface area contributed by atoms with Crippen molar-refractivity contribution in [1.29, 1.82) is 0 Å². The third-order valence-corrected chi connectivity index (χ3v) is 7.24. The first-order chi connectivity index (χ1) is 16.4. The first kappa shape index (κ1) is 22.6. The van der Waals surface area contributed by atoms with Crippen LogP contribution in [0.5, 0.6) is 0 Å². The standard InChI is InChI=1S/C25H30FN5O3/c1-4-15-10-16(26)11-20-17(15)12-21(27-20)23(32)31-9-6-19-18(13-31)22(29-28-19)24(33)30(3)25(7-8-25)14-34-5-2/h10-12,27H,4-9,13-14H2,1-3H3,(H,28,29). The van der Waals surface area contributed by atoms with Gasteiger partial charge in [0, 0.05) is 48.8 Å². The Balaban J connectivity index is 1.37. The van der Waals surface area contributed by atoms with Crippen LogP contribution in [0.2, 0.25) is 0 Å². The van der Waals surface area contributed by atoms with Gasteiger partial charge in [0.25, 0.3) is 11.8 Å². The number of aromatic nitrogens is 3. The van der Waals surface area contributed by atoms with Gasteiger partial charge >= 0.3 is 0 Å². The number of aromatic amines is 2. The second kappa shape index (κ2) is 8.54. The van der Waals surface area contributed by atoms with Crippen LogP contribution >= 0.6 is 0 Å². The fourth-order valence-electron chi connectivity index (χ4n) is 4.88. The minimum Gasteiger partial charge on any atom is -0.379 e. The van der Waals surface area contributed by atoms with Gasteiger partial charge < -0.3 is 19.5 Å². The molecule has 1 fully saturated rings. The Morgan fingerprint density at radius 3 is 2.76 bits per heavy atom. The van der Waals surface area contributed by atoms with Crippen LogP contribution in [0.15, 0.2) is 18.2 Å². The maximum absolute atomic E-state index is 14.0. The Bertz CT molecular complexity index is 1260. The quantitative estimate of drug-likeness (QED) is 0.557. The first-order valence-electron chi connectivity index (χ1n) is 11.9. The molecule has 0 spiro atoms. The molecule has 1 aromatic carbocycles. The van der Waals surface area contributed by atoms with E-state index in [0.29, 0.717) is 56.0 Å². The number of likely N-dealkylation sites (N-methyl/N-ethyl adjacent to an activating group) is 1. The topological polar surface area (TPSA) is 94.3 Å². The van der Waals surface area contributed by atoms with Crippen LogP contribution in [0.4, 0.5) is 4.39 Å². The number of nitrogens with zero attached hydrogens (tertiary/aromatic N) is 3. The summed E-state index contributed by atoms with van der Waals surface area (Å²) >= 11 is 0. The van der Waals surface area contributed by atoms with Gasteiger partial charge in [-0.05, 0) is 49.9 Å². The van der Waals surface area contributed by atoms with E-state index >= 15 is 0 Å². The molecule has 0 bridgehead atoms. The summed E-state index contributed by atoms with van der Waals surface area (Å²) in [6.07, 6.45) is 3.08. The second-order valence-electron chi connectivity index (χ2n) is 9.29. The number of carbonyl (C=O) groups is 2. The van der Waals surface area contributed by atoms with Crippen molar-refractivity contribution in [1.82, 2.24) is 25.0 Å². The number of rotatable bonds is 7. The highest BCUT2D eigenvalue weighted by Crippen LogP contribution is 2.42. The molecular formula is C25H30FN5O3. The zero-order chi connectivity index (χ0) is 24.0. The maximum atomic E-state index is 14.0. The van der Waals surface area contributed by atoms with E-state index in [9.17, 15) is 14.0 Å². The molecule has 0 unspecified atom stereocenters. The molecule has 180 valence electrons. The van der Waals surface area contributed by atoms with Crippen molar-refractivity contribution >= 4 is 22.7 Å². The average Bonchev–Trinajstić information content (AvgIpc) is 3.32. The van der Waals surface area contributed by atoms with Crippen LogP contribution in [0.3, 0.4) is 0 Å². The fraction of sp³-hybridized carbons (Fsp3) is 0.480. The van der Waals surface area contributed by atoms with Crippen molar-refractivity contribution in [2.75, 3.05) is 26.8 Å². The van der Waals surface area contributed by atoms with Crippen molar-refractivity contribution in [2.45, 2.75) is 51.6 Å². The lowest BCUT2D eigenvalue weighted by molar-refractivity contribution is 0.0455. The van der Waals surface area contributed by atoms with Gasteiger partial charge in [0.15, 0.2) is 5.69 Å². The monoisotopic (exact) mass is 467 g/mol. The Morgan fingerprint density at radius 1 is 1.26 bits per heavy atom. The fourth-order valence-corrected chi connectivity index (χ4v) is 4.88. The summed E-state index contributed by atoms with van der Waals surface area (Å²) in [4.78, 5) is 33.2. The molecule has 1 aliphatic heterocycles. The predicted octanol–water partition coefficient (Wildman–Crippen LogP) is 3.43. The number of H-pyrrole nitrogens is 2. The smallest absolute Gasteiger partial charge is 0.274 e. The molecule has 2 aromatic heterocycles. The summed E-state index contributed by atoms with van der Waals surface area (Å²) in [7, 11) is 1.80. The first-order valence-corrected chi connectivity index (χ1v) is 11.9. The van der Waals surface area contributed by atoms with Gasteiger partial charge in [0.2, 0.25) is 0 Å². The highest BCUT2D eigenvalue weighted by atomic mass is 19.1. The summed E-state index contributed by atoms with van der Waals surface area (Å²) in [6.45, 7) is 5.84. The molecule has 0 atom stereocenters. The molecule has 5 rings (SSSR count). The maximum Gasteiger partial charge on any atom is 0.274 e. The lowest BCUT2D eigenvalue weighted by atomic mass is 10.0. The highest BCUT2D eigenvalue weighted by Gasteiger charge is 2.49. The number of benzene rings is 1. The third kappa shape index (κ3) is 3.77. The van der Waals surface area contributed by atoms with Gasteiger partial charge in [0.05, 0.1) is 18.7 Å². The number of amides is 2. The van der Waals surface area contributed by atoms with Crippen LogP contribution in [0.1, 0.15) is 64.5 Å². The van der Waals surface area contributed by atoms with Crippen LogP contribution < -0.4 is 0 Å². The van der Waals surface area contributed by atoms with E-state index in [1.807, 2.05) is 13.8 Å². The Labute approximate surface area is 197 Å². The number of fused-ring (bicyclic) bond motifs is 2. The highest BCUT2D eigenvalue weighted by molar-refractivity contribution is 5.99. The van der Waals surface area contributed by atoms with Gasteiger partial charge in [-0.25, -0.2) is 4.39 Å². The van der Waals surface area contributed by atoms with E-state index in [4.69, 9.17) is 4.74 Å². The number of ether oxygens (including phenoxy) is 1. The minimum absolute atomic E-state index is 0.155. The van der Waals surface area contributed by atoms with Crippen molar-refractivity contribution in [3.8, 4) is 0 Å². The molecule has 9 heteroatoms. The second-order valence-corrected chi connectivity index (χ2v) is 9.29. The molecule has 3 heterocycles. The lowest BCUT2D eigenvalue weighted by Gasteiger charge is -2.29. The van der Waals surface area contributed by atoms with Crippen LogP contribution in [-0.2, 0) is 24.1 Å². The predicted molar refractivity (Wildman–Crippen MR) is 125 cm³/mol. The zero-order valence-electron chi connectivity index (χ0n) is 19.8. The number of hydrogen-bond donors (Lipinski definition) is 2. The summed E-state index contributed by atoms with van der Waals surface area (Å²) in [6, 6.07) is 4.72. The SMILES string of the molecule is CCOCC1(N(C)C(=O)c2n[nH]c3c2CN(C(=O)c2cc4c(CC)cc(F)cc4[nH]2)CC3)CC1. The minimum atomic E-state index is -0.323. The summed E-state index contributed by atoms with van der Waals surface area (Å²) in [5.74, 6) is -0.652. The Morgan fingerprint density at radius 2 is 2.06 bits per heavy atom. The van der Waals surface area contributed by atoms with E-state index in [1.165, 1.54) is 12.1 Å². The van der Waals surface area contributed by atoms with Crippen LogP contribution in [-0.4, -0.2) is 69.1 Å². The van der Waals surface area contributed by atoms with E-state index < -0.39 is 0 Å². The molecule has 0 saturated heterocycles. The van der Waals surface area contributed by atoms with E-state index in [2.05, 4.69) is 15.2 Å². The van der Waals surface area contributed by atoms with E-state index in [0.717, 1.165) is 35.0 Å². The summed E-state index contributed by atoms with van der Waals surface area (Å²) in [5.41, 5.74) is 3.65. The van der Waals surface area contributed by atoms with Crippen LogP contribution in [0, 0.1) is 5.82 Å². The normalized spacial score (nSPS) is 16.5. The molecule has 34 heavy (non-hydrogen) atoms. The number of aryl methyl sites for hydroxylation is 1. The molecule has 2 N–H and O–H groups in total. The molecule has 1 saturated carbocycles. The Hall–Kier alpha value is -3.20. The van der Waals surface area contributed by atoms with E-state index in [-0.39, 0.29) is 23.2 Å². The largest absolute Gasteiger partial charge is 0.379 e. The molecule has 2 aliphatic rings. The summed E-state index contributed by atoms with van der Waals surface area (Å²) in [5, 5.41) is 8.19. The molecule has 3 aromatic rings. The number of hydrogen-bond acceptors (Lipinski definition) is 4. The third-order valence-electron chi connectivity index (χ3n) is 7.24. The Kier molecular flexibility index (Phi) is 5.67. The molecule has 2 amide bonds. The van der Waals surface area contributed by atoms with Gasteiger partial charge in [-0.15, -0.1) is 0 Å². The van der Waals surface area contributed by atoms with Crippen molar-refractivity contribution < 1.29 is 18.7 Å². The molecule has 8 nitrogen and oxygen atoms in total. The van der Waals surface area contributed by atoms with Gasteiger partial charge in [0.1, 0.15) is 11.5 Å². The van der Waals surface area contributed by atoms with Crippen LogP contribution in [0.25, 0.3) is 10.9 Å². The van der Waals surface area contributed by atoms with Crippen molar-refractivity contribution in [3.63, 3.8) is 0 Å². The summed E-state index contributed by atoms with van der Waals surface area (Å²) < 4.78 is 19.6.